The largest absolute Gasteiger partial charge is 0.470 e. The van der Waals surface area contributed by atoms with Gasteiger partial charge in [-0.15, -0.1) is 0 Å². The number of amides is 1. The van der Waals surface area contributed by atoms with Gasteiger partial charge in [-0.2, -0.15) is 0 Å². The zero-order valence-electron chi connectivity index (χ0n) is 12.8. The van der Waals surface area contributed by atoms with Gasteiger partial charge in [0, 0.05) is 5.54 Å². The second-order valence-electron chi connectivity index (χ2n) is 6.16. The van der Waals surface area contributed by atoms with Crippen molar-refractivity contribution < 1.29 is 9.53 Å². The number of hydrogen-bond donors (Lipinski definition) is 2. The first-order valence-electron chi connectivity index (χ1n) is 7.53. The fourth-order valence-corrected chi connectivity index (χ4v) is 3.57. The molecule has 116 valence electrons. The van der Waals surface area contributed by atoms with Crippen molar-refractivity contribution in [1.29, 1.82) is 5.41 Å². The number of ether oxygens (including phenoxy) is 1. The number of hydrogen-bond acceptors (Lipinski definition) is 3. The first-order chi connectivity index (χ1) is 9.36. The fraction of sp³-hybridized carbons (Fsp3) is 0.867. The summed E-state index contributed by atoms with van der Waals surface area (Å²) in [5, 5.41) is 10.8. The molecule has 2 N–H and O–H groups in total. The van der Waals surface area contributed by atoms with Crippen LogP contribution in [-0.2, 0) is 9.53 Å². The molecule has 1 rings (SSSR count). The van der Waals surface area contributed by atoms with Crippen molar-refractivity contribution in [2.45, 2.75) is 68.8 Å². The minimum absolute atomic E-state index is 0.0435. The lowest BCUT2D eigenvalue weighted by Gasteiger charge is -2.32. The van der Waals surface area contributed by atoms with Gasteiger partial charge in [0.25, 0.3) is 5.91 Å². The van der Waals surface area contributed by atoms with Gasteiger partial charge >= 0.3 is 0 Å². The summed E-state index contributed by atoms with van der Waals surface area (Å²) >= 11 is 2.19. The molecule has 1 saturated carbocycles. The van der Waals surface area contributed by atoms with Crippen molar-refractivity contribution in [3.05, 3.63) is 0 Å². The molecule has 0 aromatic rings. The average Bonchev–Trinajstić information content (AvgIpc) is 2.90. The lowest BCUT2D eigenvalue weighted by Crippen LogP contribution is -2.49. The minimum atomic E-state index is -0.174. The molecular weight excluding hydrogens is 367 g/mol. The van der Waals surface area contributed by atoms with Crippen LogP contribution in [0.1, 0.15) is 59.3 Å². The summed E-state index contributed by atoms with van der Waals surface area (Å²) in [6.07, 6.45) is 6.83. The highest BCUT2D eigenvalue weighted by Gasteiger charge is 2.33. The van der Waals surface area contributed by atoms with E-state index in [0.29, 0.717) is 5.92 Å². The molecule has 5 heteroatoms. The molecule has 1 amide bonds. The van der Waals surface area contributed by atoms with Gasteiger partial charge in [0.15, 0.2) is 12.5 Å². The van der Waals surface area contributed by atoms with E-state index in [-0.39, 0.29) is 27.9 Å². The summed E-state index contributed by atoms with van der Waals surface area (Å²) in [5.41, 5.74) is -0.174. The predicted molar refractivity (Wildman–Crippen MR) is 90.6 cm³/mol. The summed E-state index contributed by atoms with van der Waals surface area (Å²) in [4.78, 5) is 12.0. The van der Waals surface area contributed by atoms with E-state index in [9.17, 15) is 4.79 Å². The van der Waals surface area contributed by atoms with Crippen LogP contribution in [0.3, 0.4) is 0 Å². The maximum absolute atomic E-state index is 12.0. The van der Waals surface area contributed by atoms with Gasteiger partial charge in [0.2, 0.25) is 0 Å². The van der Waals surface area contributed by atoms with Gasteiger partial charge in [-0.05, 0) is 39.0 Å². The summed E-state index contributed by atoms with van der Waals surface area (Å²) in [5.74, 6) is 0.649. The van der Waals surface area contributed by atoms with Gasteiger partial charge in [0.05, 0.1) is 3.92 Å². The third-order valence-corrected chi connectivity index (χ3v) is 5.21. The molecule has 0 aromatic carbocycles. The summed E-state index contributed by atoms with van der Waals surface area (Å²) in [6.45, 7) is 6.21. The number of carbonyl (C=O) groups is 1. The molecule has 0 heterocycles. The molecule has 0 spiro atoms. The van der Waals surface area contributed by atoms with Crippen LogP contribution >= 0.6 is 22.6 Å². The third kappa shape index (κ3) is 5.58. The van der Waals surface area contributed by atoms with Crippen molar-refractivity contribution in [1.82, 2.24) is 5.32 Å². The Morgan fingerprint density at radius 1 is 1.45 bits per heavy atom. The molecule has 20 heavy (non-hydrogen) atoms. The Kier molecular flexibility index (Phi) is 7.26. The second-order valence-corrected chi connectivity index (χ2v) is 7.66. The first-order valence-corrected chi connectivity index (χ1v) is 8.77. The Hall–Kier alpha value is -0.330. The van der Waals surface area contributed by atoms with E-state index < -0.39 is 0 Å². The van der Waals surface area contributed by atoms with Crippen molar-refractivity contribution in [3.8, 4) is 0 Å². The molecule has 1 aliphatic rings. The van der Waals surface area contributed by atoms with Gasteiger partial charge in [-0.3, -0.25) is 10.2 Å². The lowest BCUT2D eigenvalue weighted by atomic mass is 9.86. The van der Waals surface area contributed by atoms with E-state index in [4.69, 9.17) is 10.1 Å². The number of carbonyl (C=O) groups excluding carboxylic acids is 1. The van der Waals surface area contributed by atoms with Crippen molar-refractivity contribution in [2.24, 2.45) is 5.92 Å². The standard InChI is InChI=1S/C15H27IN2O2/c1-4-7-12(16)14(17)20-10-13(19)18-15(2,3)11-8-5-6-9-11/h11-12,17H,4-10H2,1-3H3,(H,18,19). The monoisotopic (exact) mass is 394 g/mol. The molecule has 0 aliphatic heterocycles. The van der Waals surface area contributed by atoms with Crippen LogP contribution in [-0.4, -0.2) is 27.9 Å². The summed E-state index contributed by atoms with van der Waals surface area (Å²) in [7, 11) is 0. The Balaban J connectivity index is 2.34. The molecule has 0 bridgehead atoms. The smallest absolute Gasteiger partial charge is 0.258 e. The quantitative estimate of drug-likeness (QED) is 0.300. The van der Waals surface area contributed by atoms with Crippen LogP contribution in [0.5, 0.6) is 0 Å². The topological polar surface area (TPSA) is 62.2 Å². The molecule has 0 aromatic heterocycles. The van der Waals surface area contributed by atoms with E-state index in [0.717, 1.165) is 12.8 Å². The van der Waals surface area contributed by atoms with Crippen molar-refractivity contribution in [3.63, 3.8) is 0 Å². The highest BCUT2D eigenvalue weighted by molar-refractivity contribution is 14.1. The first kappa shape index (κ1) is 17.7. The number of rotatable bonds is 7. The number of halogens is 1. The van der Waals surface area contributed by atoms with Gasteiger partial charge in [-0.25, -0.2) is 0 Å². The van der Waals surface area contributed by atoms with Crippen molar-refractivity contribution in [2.75, 3.05) is 6.61 Å². The maximum atomic E-state index is 12.0. The van der Waals surface area contributed by atoms with E-state index in [2.05, 4.69) is 48.7 Å². The second kappa shape index (κ2) is 8.20. The van der Waals surface area contributed by atoms with Gasteiger partial charge in [-0.1, -0.05) is 48.8 Å². The third-order valence-electron chi connectivity index (χ3n) is 4.02. The average molecular weight is 394 g/mol. The Morgan fingerprint density at radius 2 is 2.05 bits per heavy atom. The lowest BCUT2D eigenvalue weighted by molar-refractivity contribution is -0.125. The molecule has 4 nitrogen and oxygen atoms in total. The van der Waals surface area contributed by atoms with Gasteiger partial charge in [0.1, 0.15) is 0 Å². The maximum Gasteiger partial charge on any atom is 0.258 e. The molecule has 1 aliphatic carbocycles. The molecule has 1 fully saturated rings. The normalized spacial score (nSPS) is 17.8. The van der Waals surface area contributed by atoms with E-state index in [1.54, 1.807) is 0 Å². The van der Waals surface area contributed by atoms with E-state index in [1.807, 2.05) is 0 Å². The Bertz CT molecular complexity index is 339. The van der Waals surface area contributed by atoms with Crippen LogP contribution in [0.15, 0.2) is 0 Å². The van der Waals surface area contributed by atoms with Gasteiger partial charge < -0.3 is 10.1 Å². The number of alkyl halides is 1. The minimum Gasteiger partial charge on any atom is -0.470 e. The van der Waals surface area contributed by atoms with Crippen LogP contribution in [0.25, 0.3) is 0 Å². The van der Waals surface area contributed by atoms with Crippen LogP contribution in [0.2, 0.25) is 0 Å². The van der Waals surface area contributed by atoms with Crippen LogP contribution < -0.4 is 5.32 Å². The van der Waals surface area contributed by atoms with E-state index >= 15 is 0 Å². The molecular formula is C15H27IN2O2. The summed E-state index contributed by atoms with van der Waals surface area (Å²) < 4.78 is 5.35. The Morgan fingerprint density at radius 3 is 2.60 bits per heavy atom. The zero-order valence-corrected chi connectivity index (χ0v) is 15.0. The highest BCUT2D eigenvalue weighted by atomic mass is 127. The van der Waals surface area contributed by atoms with E-state index in [1.165, 1.54) is 25.7 Å². The van der Waals surface area contributed by atoms with Crippen LogP contribution in [0, 0.1) is 11.3 Å². The highest BCUT2D eigenvalue weighted by Crippen LogP contribution is 2.33. The zero-order chi connectivity index (χ0) is 15.2. The van der Waals surface area contributed by atoms with Crippen molar-refractivity contribution >= 4 is 34.4 Å². The van der Waals surface area contributed by atoms with Crippen LogP contribution in [0.4, 0.5) is 0 Å². The molecule has 0 radical (unpaired) electrons. The SMILES string of the molecule is CCCC(I)C(=N)OCC(=O)NC(C)(C)C1CCCC1. The number of nitrogens with one attached hydrogen (secondary N) is 2. The fourth-order valence-electron chi connectivity index (χ4n) is 2.76. The predicted octanol–water partition coefficient (Wildman–Crippen LogP) is 3.67. The molecule has 0 saturated heterocycles. The summed E-state index contributed by atoms with van der Waals surface area (Å²) in [6, 6.07) is 0. The Labute approximate surface area is 136 Å². The molecule has 1 unspecified atom stereocenters. The molecule has 1 atom stereocenters.